The molecule has 47 heavy (non-hydrogen) atoms. The van der Waals surface area contributed by atoms with Crippen LogP contribution in [0, 0.1) is 12.5 Å². The van der Waals surface area contributed by atoms with Crippen LogP contribution in [-0.4, -0.2) is 96.0 Å². The van der Waals surface area contributed by atoms with Crippen molar-refractivity contribution in [3.63, 3.8) is 0 Å². The van der Waals surface area contributed by atoms with Gasteiger partial charge in [0.2, 0.25) is 6.54 Å². The van der Waals surface area contributed by atoms with Crippen LogP contribution in [0.1, 0.15) is 51.3 Å². The van der Waals surface area contributed by atoms with Crippen LogP contribution in [0.5, 0.6) is 6.01 Å². The zero-order chi connectivity index (χ0) is 32.9. The maximum Gasteiger partial charge on any atom is 0.410 e. The van der Waals surface area contributed by atoms with Gasteiger partial charge in [0, 0.05) is 42.3 Å². The molecule has 0 aliphatic carbocycles. The number of hydrogen-bond acceptors (Lipinski definition) is 8. The summed E-state index contributed by atoms with van der Waals surface area (Å²) in [7, 11) is 2.15. The molecule has 0 radical (unpaired) electrons. The molecule has 11 heteroatoms. The van der Waals surface area contributed by atoms with Crippen molar-refractivity contribution in [2.75, 3.05) is 56.2 Å². The molecule has 1 amide bonds. The van der Waals surface area contributed by atoms with Gasteiger partial charge < -0.3 is 29.0 Å². The van der Waals surface area contributed by atoms with Crippen LogP contribution < -0.4 is 14.5 Å². The zero-order valence-electron chi connectivity index (χ0n) is 27.8. The standard InChI is InChI=1S/C36H44ClN7O3/c1-36(2,3)47-35(45)44-26-17-24(18-38-4)31(44)21-43(19-26)33-27-14-16-42(30-13-7-10-23-9-6-12-28(37)32(23)30)20-29(27)39-34(40-33)46-22-25-11-8-15-41(25)5/h6-7,9-10,12-13,24-26,31H,8,11,14-22H2,1-3,5H3/t24-,25-,26+,31?/m0/s1. The van der Waals surface area contributed by atoms with Crippen molar-refractivity contribution < 1.29 is 14.3 Å². The van der Waals surface area contributed by atoms with Crippen molar-refractivity contribution in [3.05, 3.63) is 64.1 Å². The number of carbonyl (C=O) groups excluding carboxylic acids is 1. The highest BCUT2D eigenvalue weighted by molar-refractivity contribution is 6.36. The largest absolute Gasteiger partial charge is 0.462 e. The minimum atomic E-state index is -0.589. The van der Waals surface area contributed by atoms with E-state index in [2.05, 4.69) is 50.9 Å². The number of piperazine rings is 1. The minimum absolute atomic E-state index is 0.0598. The van der Waals surface area contributed by atoms with E-state index in [0.29, 0.717) is 44.8 Å². The van der Waals surface area contributed by atoms with Crippen molar-refractivity contribution in [1.29, 1.82) is 0 Å². The van der Waals surface area contributed by atoms with Gasteiger partial charge in [-0.3, -0.25) is 4.90 Å². The van der Waals surface area contributed by atoms with Crippen LogP contribution in [0.25, 0.3) is 15.6 Å². The quantitative estimate of drug-likeness (QED) is 0.297. The summed E-state index contributed by atoms with van der Waals surface area (Å²) in [5.74, 6) is 0.982. The Kier molecular flexibility index (Phi) is 8.56. The number of likely N-dealkylation sites (N-methyl/N-ethyl adjacent to an activating group) is 1. The second-order valence-electron chi connectivity index (χ2n) is 14.5. The minimum Gasteiger partial charge on any atom is -0.462 e. The summed E-state index contributed by atoms with van der Waals surface area (Å²) in [6.45, 7) is 17.9. The summed E-state index contributed by atoms with van der Waals surface area (Å²) in [5.41, 5.74) is 2.60. The van der Waals surface area contributed by atoms with Crippen LogP contribution in [0.3, 0.4) is 0 Å². The number of hydrogen-bond donors (Lipinski definition) is 0. The number of likely N-dealkylation sites (tertiary alicyclic amines) is 1. The lowest BCUT2D eigenvalue weighted by Gasteiger charge is -2.43. The van der Waals surface area contributed by atoms with Gasteiger partial charge >= 0.3 is 12.1 Å². The summed E-state index contributed by atoms with van der Waals surface area (Å²) >= 11 is 6.75. The third-order valence-corrected chi connectivity index (χ3v) is 10.5. The Morgan fingerprint density at radius 1 is 1.11 bits per heavy atom. The lowest BCUT2D eigenvalue weighted by molar-refractivity contribution is 0.0107. The Labute approximate surface area is 282 Å². The van der Waals surface area contributed by atoms with Gasteiger partial charge in [0.05, 0.1) is 35.3 Å². The molecule has 10 nitrogen and oxygen atoms in total. The molecule has 0 N–H and O–H groups in total. The van der Waals surface area contributed by atoms with Gasteiger partial charge in [-0.05, 0) is 77.6 Å². The number of anilines is 2. The summed E-state index contributed by atoms with van der Waals surface area (Å²) in [6.07, 6.45) is 3.52. The van der Waals surface area contributed by atoms with E-state index in [1.807, 2.05) is 37.8 Å². The van der Waals surface area contributed by atoms with E-state index in [1.165, 1.54) is 6.42 Å². The molecular weight excluding hydrogens is 614 g/mol. The Morgan fingerprint density at radius 3 is 2.66 bits per heavy atom. The van der Waals surface area contributed by atoms with E-state index < -0.39 is 5.60 Å². The second-order valence-corrected chi connectivity index (χ2v) is 14.9. The Balaban J connectivity index is 1.22. The third-order valence-electron chi connectivity index (χ3n) is 10.2. The molecule has 0 saturated carbocycles. The number of ether oxygens (including phenoxy) is 2. The summed E-state index contributed by atoms with van der Waals surface area (Å²) in [5, 5.41) is 2.90. The molecule has 5 heterocycles. The van der Waals surface area contributed by atoms with Crippen LogP contribution in [-0.2, 0) is 17.7 Å². The number of rotatable bonds is 6. The fraction of sp³-hybridized carbons (Fsp3) is 0.556. The fourth-order valence-electron chi connectivity index (χ4n) is 7.98. The molecular formula is C36H44ClN7O3. The van der Waals surface area contributed by atoms with Crippen molar-refractivity contribution in [3.8, 4) is 6.01 Å². The molecule has 1 aromatic heterocycles. The molecule has 4 aliphatic rings. The SMILES string of the molecule is [C-]#[N+]C[C@@H]1C[C@@H]2CN(c3nc(OC[C@@H]4CCCN4C)nc4c3CCN(c3cccc5cccc(Cl)c35)C4)CC1N2C(=O)OC(C)(C)C. The fourth-order valence-corrected chi connectivity index (χ4v) is 8.26. The van der Waals surface area contributed by atoms with Gasteiger partial charge in [-0.2, -0.15) is 9.97 Å². The predicted octanol–water partition coefficient (Wildman–Crippen LogP) is 6.05. The van der Waals surface area contributed by atoms with Gasteiger partial charge in [-0.1, -0.05) is 35.9 Å². The number of nitrogens with zero attached hydrogens (tertiary/aromatic N) is 7. The van der Waals surface area contributed by atoms with Crippen LogP contribution in [0.2, 0.25) is 5.02 Å². The molecule has 3 aromatic rings. The molecule has 3 fully saturated rings. The zero-order valence-corrected chi connectivity index (χ0v) is 28.5. The number of halogens is 1. The molecule has 1 unspecified atom stereocenters. The van der Waals surface area contributed by atoms with Crippen molar-refractivity contribution in [1.82, 2.24) is 19.8 Å². The van der Waals surface area contributed by atoms with Crippen LogP contribution in [0.15, 0.2) is 36.4 Å². The van der Waals surface area contributed by atoms with Gasteiger partial charge in [-0.15, -0.1) is 0 Å². The number of carbonyl (C=O) groups is 1. The lowest BCUT2D eigenvalue weighted by atomic mass is 10.00. The first kappa shape index (κ1) is 31.8. The van der Waals surface area contributed by atoms with Gasteiger partial charge in [0.25, 0.3) is 0 Å². The molecule has 2 bridgehead atoms. The third kappa shape index (κ3) is 6.28. The number of benzene rings is 2. The van der Waals surface area contributed by atoms with Gasteiger partial charge in [-0.25, -0.2) is 11.4 Å². The maximum atomic E-state index is 13.4. The van der Waals surface area contributed by atoms with Crippen molar-refractivity contribution in [2.24, 2.45) is 5.92 Å². The van der Waals surface area contributed by atoms with E-state index in [0.717, 1.165) is 70.9 Å². The highest BCUT2D eigenvalue weighted by Crippen LogP contribution is 2.41. The molecule has 2 aromatic carbocycles. The maximum absolute atomic E-state index is 13.4. The van der Waals surface area contributed by atoms with Crippen molar-refractivity contribution >= 4 is 40.0 Å². The normalized spacial score (nSPS) is 24.4. The van der Waals surface area contributed by atoms with Crippen molar-refractivity contribution in [2.45, 2.75) is 76.7 Å². The second kappa shape index (κ2) is 12.7. The first-order valence-electron chi connectivity index (χ1n) is 16.8. The summed E-state index contributed by atoms with van der Waals surface area (Å²) in [4.78, 5) is 36.2. The van der Waals surface area contributed by atoms with E-state index in [9.17, 15) is 4.79 Å². The Morgan fingerprint density at radius 2 is 1.91 bits per heavy atom. The monoisotopic (exact) mass is 657 g/mol. The molecule has 7 rings (SSSR count). The highest BCUT2D eigenvalue weighted by Gasteiger charge is 2.51. The lowest BCUT2D eigenvalue weighted by Crippen LogP contribution is -2.58. The summed E-state index contributed by atoms with van der Waals surface area (Å²) < 4.78 is 12.2. The van der Waals surface area contributed by atoms with Gasteiger partial charge in [0.1, 0.15) is 18.0 Å². The van der Waals surface area contributed by atoms with E-state index in [4.69, 9.17) is 37.6 Å². The van der Waals surface area contributed by atoms with E-state index in [-0.39, 0.29) is 24.1 Å². The summed E-state index contributed by atoms with van der Waals surface area (Å²) in [6, 6.07) is 12.9. The van der Waals surface area contributed by atoms with E-state index in [1.54, 1.807) is 0 Å². The molecule has 0 spiro atoms. The number of amides is 1. The number of aromatic nitrogens is 2. The highest BCUT2D eigenvalue weighted by atomic mass is 35.5. The predicted molar refractivity (Wildman–Crippen MR) is 184 cm³/mol. The van der Waals surface area contributed by atoms with Gasteiger partial charge in [0.15, 0.2) is 0 Å². The van der Waals surface area contributed by atoms with Crippen LogP contribution >= 0.6 is 11.6 Å². The topological polar surface area (TPSA) is 78.6 Å². The smallest absolute Gasteiger partial charge is 0.410 e. The van der Waals surface area contributed by atoms with E-state index >= 15 is 0 Å². The average molecular weight is 658 g/mol. The molecule has 248 valence electrons. The Hall–Kier alpha value is -3.81. The molecule has 4 aliphatic heterocycles. The van der Waals surface area contributed by atoms with Crippen LogP contribution in [0.4, 0.5) is 16.3 Å². The molecule has 4 atom stereocenters. The average Bonchev–Trinajstić information content (AvgIpc) is 3.55. The first-order chi connectivity index (χ1) is 22.6. The Bertz CT molecular complexity index is 1700. The number of fused-ring (bicyclic) bond motifs is 4. The molecule has 3 saturated heterocycles. The first-order valence-corrected chi connectivity index (χ1v) is 17.2.